The highest BCUT2D eigenvalue weighted by Gasteiger charge is 2.06. The molecule has 0 spiro atoms. The number of thiophene rings is 1. The van der Waals surface area contributed by atoms with Crippen LogP contribution in [0.4, 0.5) is 5.00 Å². The van der Waals surface area contributed by atoms with Crippen LogP contribution >= 0.6 is 11.3 Å². The van der Waals surface area contributed by atoms with E-state index in [9.17, 15) is 4.79 Å². The van der Waals surface area contributed by atoms with Crippen molar-refractivity contribution in [1.82, 2.24) is 5.32 Å². The van der Waals surface area contributed by atoms with Crippen LogP contribution in [0, 0.1) is 0 Å². The third kappa shape index (κ3) is 3.01. The number of hydrogen-bond donors (Lipinski definition) is 2. The molecule has 0 unspecified atom stereocenters. The first-order valence-corrected chi connectivity index (χ1v) is 5.19. The molecule has 4 nitrogen and oxygen atoms in total. The lowest BCUT2D eigenvalue weighted by Gasteiger charge is -2.01. The smallest absolute Gasteiger partial charge is 0.252 e. The zero-order valence-corrected chi connectivity index (χ0v) is 9.11. The predicted octanol–water partition coefficient (Wildman–Crippen LogP) is 1.17. The van der Waals surface area contributed by atoms with Crippen LogP contribution in [-0.2, 0) is 4.74 Å². The van der Waals surface area contributed by atoms with Gasteiger partial charge in [-0.3, -0.25) is 4.79 Å². The zero-order chi connectivity index (χ0) is 10.4. The summed E-state index contributed by atoms with van der Waals surface area (Å²) in [5.74, 6) is -0.0557. The van der Waals surface area contributed by atoms with Crippen LogP contribution < -0.4 is 10.6 Å². The second-order valence-electron chi connectivity index (χ2n) is 2.70. The molecule has 0 radical (unpaired) electrons. The summed E-state index contributed by atoms with van der Waals surface area (Å²) in [6, 6.07) is 1.83. The SMILES string of the molecule is CNc1cc(C(=O)NCCOC)cs1. The molecule has 14 heavy (non-hydrogen) atoms. The number of carbonyl (C=O) groups excluding carboxylic acids is 1. The zero-order valence-electron chi connectivity index (χ0n) is 8.29. The molecule has 1 aromatic rings. The van der Waals surface area contributed by atoms with E-state index in [1.54, 1.807) is 7.11 Å². The average Bonchev–Trinajstić information content (AvgIpc) is 2.66. The minimum absolute atomic E-state index is 0.0557. The highest BCUT2D eigenvalue weighted by molar-refractivity contribution is 7.14. The number of ether oxygens (including phenoxy) is 1. The molecule has 5 heteroatoms. The molecular formula is C9H14N2O2S. The van der Waals surface area contributed by atoms with Crippen molar-refractivity contribution in [3.8, 4) is 0 Å². The summed E-state index contributed by atoms with van der Waals surface area (Å²) < 4.78 is 4.83. The lowest BCUT2D eigenvalue weighted by Crippen LogP contribution is -2.26. The summed E-state index contributed by atoms with van der Waals surface area (Å²) in [5.41, 5.74) is 0.690. The molecule has 78 valence electrons. The fraction of sp³-hybridized carbons (Fsp3) is 0.444. The van der Waals surface area contributed by atoms with E-state index in [1.165, 1.54) is 11.3 Å². The molecule has 1 rings (SSSR count). The molecule has 0 atom stereocenters. The van der Waals surface area contributed by atoms with E-state index in [4.69, 9.17) is 4.74 Å². The normalized spacial score (nSPS) is 9.86. The van der Waals surface area contributed by atoms with Gasteiger partial charge in [0.15, 0.2) is 0 Å². The molecule has 0 fully saturated rings. The minimum Gasteiger partial charge on any atom is -0.383 e. The van der Waals surface area contributed by atoms with Gasteiger partial charge < -0.3 is 15.4 Å². The van der Waals surface area contributed by atoms with Gasteiger partial charge in [0.05, 0.1) is 17.2 Å². The van der Waals surface area contributed by atoms with Crippen molar-refractivity contribution >= 4 is 22.2 Å². The first kappa shape index (κ1) is 11.0. The van der Waals surface area contributed by atoms with Crippen molar-refractivity contribution in [2.24, 2.45) is 0 Å². The van der Waals surface area contributed by atoms with Crippen molar-refractivity contribution in [2.75, 3.05) is 32.6 Å². The molecular weight excluding hydrogens is 200 g/mol. The Bertz CT molecular complexity index is 299. The Labute approximate surface area is 87.3 Å². The Morgan fingerprint density at radius 3 is 3.00 bits per heavy atom. The van der Waals surface area contributed by atoms with Crippen molar-refractivity contribution in [1.29, 1.82) is 0 Å². The van der Waals surface area contributed by atoms with Crippen LogP contribution in [0.3, 0.4) is 0 Å². The van der Waals surface area contributed by atoms with Crippen molar-refractivity contribution in [3.05, 3.63) is 17.0 Å². The van der Waals surface area contributed by atoms with Crippen molar-refractivity contribution in [2.45, 2.75) is 0 Å². The molecule has 0 bridgehead atoms. The van der Waals surface area contributed by atoms with E-state index in [2.05, 4.69) is 10.6 Å². The van der Waals surface area contributed by atoms with E-state index in [1.807, 2.05) is 18.5 Å². The maximum Gasteiger partial charge on any atom is 0.252 e. The summed E-state index contributed by atoms with van der Waals surface area (Å²) in [5, 5.41) is 8.55. The maximum absolute atomic E-state index is 11.5. The monoisotopic (exact) mass is 214 g/mol. The number of anilines is 1. The van der Waals surface area contributed by atoms with Gasteiger partial charge in [-0.15, -0.1) is 11.3 Å². The third-order valence-corrected chi connectivity index (χ3v) is 2.65. The standard InChI is InChI=1S/C9H14N2O2S/c1-10-8-5-7(6-14-8)9(12)11-3-4-13-2/h5-6,10H,3-4H2,1-2H3,(H,11,12). The molecule has 0 saturated heterocycles. The minimum atomic E-state index is -0.0557. The van der Waals surface area contributed by atoms with Gasteiger partial charge in [-0.2, -0.15) is 0 Å². The molecule has 1 heterocycles. The van der Waals surface area contributed by atoms with Gasteiger partial charge in [-0.25, -0.2) is 0 Å². The second kappa shape index (κ2) is 5.62. The predicted molar refractivity (Wildman–Crippen MR) is 58.1 cm³/mol. The Kier molecular flexibility index (Phi) is 4.42. The van der Waals surface area contributed by atoms with Gasteiger partial charge in [0.25, 0.3) is 5.91 Å². The van der Waals surface area contributed by atoms with Gasteiger partial charge in [-0.05, 0) is 6.07 Å². The van der Waals surface area contributed by atoms with Crippen LogP contribution in [0.15, 0.2) is 11.4 Å². The van der Waals surface area contributed by atoms with Crippen LogP contribution in [-0.4, -0.2) is 33.2 Å². The number of methoxy groups -OCH3 is 1. The lowest BCUT2D eigenvalue weighted by molar-refractivity contribution is 0.0937. The van der Waals surface area contributed by atoms with Gasteiger partial charge in [-0.1, -0.05) is 0 Å². The number of rotatable bonds is 5. The summed E-state index contributed by atoms with van der Waals surface area (Å²) in [6.07, 6.45) is 0. The summed E-state index contributed by atoms with van der Waals surface area (Å²) in [7, 11) is 3.44. The molecule has 2 N–H and O–H groups in total. The highest BCUT2D eigenvalue weighted by atomic mass is 32.1. The van der Waals surface area contributed by atoms with Crippen molar-refractivity contribution < 1.29 is 9.53 Å². The van der Waals surface area contributed by atoms with Crippen LogP contribution in [0.2, 0.25) is 0 Å². The van der Waals surface area contributed by atoms with Gasteiger partial charge >= 0.3 is 0 Å². The second-order valence-corrected chi connectivity index (χ2v) is 3.61. The summed E-state index contributed by atoms with van der Waals surface area (Å²) in [6.45, 7) is 1.08. The maximum atomic E-state index is 11.5. The van der Waals surface area contributed by atoms with Gasteiger partial charge in [0.1, 0.15) is 0 Å². The van der Waals surface area contributed by atoms with E-state index in [0.29, 0.717) is 18.7 Å². The fourth-order valence-electron chi connectivity index (χ4n) is 0.955. The Hall–Kier alpha value is -1.07. The Morgan fingerprint density at radius 1 is 1.64 bits per heavy atom. The first-order chi connectivity index (χ1) is 6.77. The molecule has 1 aromatic heterocycles. The van der Waals surface area contributed by atoms with Gasteiger partial charge in [0.2, 0.25) is 0 Å². The third-order valence-electron chi connectivity index (χ3n) is 1.70. The van der Waals surface area contributed by atoms with E-state index < -0.39 is 0 Å². The molecule has 0 saturated carbocycles. The molecule has 0 aromatic carbocycles. The van der Waals surface area contributed by atoms with Crippen LogP contribution in [0.1, 0.15) is 10.4 Å². The molecule has 0 aliphatic rings. The first-order valence-electron chi connectivity index (χ1n) is 4.31. The van der Waals surface area contributed by atoms with E-state index in [-0.39, 0.29) is 5.91 Å². The number of nitrogens with one attached hydrogen (secondary N) is 2. The van der Waals surface area contributed by atoms with E-state index in [0.717, 1.165) is 5.00 Å². The Morgan fingerprint density at radius 2 is 2.43 bits per heavy atom. The van der Waals surface area contributed by atoms with Crippen LogP contribution in [0.5, 0.6) is 0 Å². The fourth-order valence-corrected chi connectivity index (χ4v) is 1.70. The largest absolute Gasteiger partial charge is 0.383 e. The number of amides is 1. The topological polar surface area (TPSA) is 50.4 Å². The Balaban J connectivity index is 2.44. The molecule has 0 aliphatic heterocycles. The highest BCUT2D eigenvalue weighted by Crippen LogP contribution is 2.19. The van der Waals surface area contributed by atoms with Gasteiger partial charge in [0, 0.05) is 26.1 Å². The van der Waals surface area contributed by atoms with E-state index >= 15 is 0 Å². The molecule has 1 amide bonds. The van der Waals surface area contributed by atoms with Crippen molar-refractivity contribution in [3.63, 3.8) is 0 Å². The lowest BCUT2D eigenvalue weighted by atomic mass is 10.3. The average molecular weight is 214 g/mol. The quantitative estimate of drug-likeness (QED) is 0.723. The summed E-state index contributed by atoms with van der Waals surface area (Å²) in [4.78, 5) is 11.5. The van der Waals surface area contributed by atoms with Crippen LogP contribution in [0.25, 0.3) is 0 Å². The number of carbonyl (C=O) groups is 1. The number of hydrogen-bond acceptors (Lipinski definition) is 4. The molecule has 0 aliphatic carbocycles. The summed E-state index contributed by atoms with van der Waals surface area (Å²) >= 11 is 1.51.